The highest BCUT2D eigenvalue weighted by molar-refractivity contribution is 5.98. The number of halogens is 2. The van der Waals surface area contributed by atoms with E-state index in [4.69, 9.17) is 0 Å². The number of fused-ring (bicyclic) bond motifs is 4. The molecular formula is C23H19F2N3O3. The molecule has 0 saturated carbocycles. The van der Waals surface area contributed by atoms with E-state index in [1.54, 1.807) is 13.1 Å². The van der Waals surface area contributed by atoms with E-state index in [2.05, 4.69) is 9.97 Å². The number of aliphatic hydroxyl groups is 1. The number of nitrogens with zero attached hydrogens (tertiary/aromatic N) is 1. The first-order valence-electron chi connectivity index (χ1n) is 9.93. The maximum absolute atomic E-state index is 14.1. The summed E-state index contributed by atoms with van der Waals surface area (Å²) in [5, 5.41) is 11.5. The second-order valence-electron chi connectivity index (χ2n) is 7.89. The fourth-order valence-electron chi connectivity index (χ4n) is 4.49. The number of aromatic nitrogens is 2. The highest BCUT2D eigenvalue weighted by Gasteiger charge is 2.34. The van der Waals surface area contributed by atoms with Gasteiger partial charge in [0.25, 0.3) is 11.5 Å². The lowest BCUT2D eigenvalue weighted by Gasteiger charge is -2.35. The summed E-state index contributed by atoms with van der Waals surface area (Å²) in [4.78, 5) is 32.9. The van der Waals surface area contributed by atoms with Crippen LogP contribution in [0.15, 0.2) is 47.3 Å². The van der Waals surface area contributed by atoms with Crippen molar-refractivity contribution in [3.8, 4) is 0 Å². The molecule has 5 rings (SSSR count). The summed E-state index contributed by atoms with van der Waals surface area (Å²) < 4.78 is 27.9. The Labute approximate surface area is 175 Å². The molecule has 31 heavy (non-hydrogen) atoms. The molecule has 4 aromatic rings. The molecule has 1 unspecified atom stereocenters. The van der Waals surface area contributed by atoms with Crippen LogP contribution in [0.5, 0.6) is 0 Å². The van der Waals surface area contributed by atoms with Gasteiger partial charge in [-0.3, -0.25) is 9.59 Å². The molecule has 0 fully saturated rings. The molecule has 8 heteroatoms. The topological polar surface area (TPSA) is 89.2 Å². The number of H-pyrrole nitrogens is 2. The Morgan fingerprint density at radius 3 is 2.52 bits per heavy atom. The average Bonchev–Trinajstić information content (AvgIpc) is 3.19. The fourth-order valence-corrected chi connectivity index (χ4v) is 4.49. The molecule has 2 heterocycles. The van der Waals surface area contributed by atoms with Crippen molar-refractivity contribution in [3.63, 3.8) is 0 Å². The molecule has 0 spiro atoms. The van der Waals surface area contributed by atoms with Gasteiger partial charge in [-0.25, -0.2) is 8.78 Å². The third kappa shape index (κ3) is 3.02. The number of benzene rings is 2. The van der Waals surface area contributed by atoms with Gasteiger partial charge in [0.05, 0.1) is 23.2 Å². The van der Waals surface area contributed by atoms with E-state index in [-0.39, 0.29) is 22.4 Å². The Morgan fingerprint density at radius 2 is 1.77 bits per heavy atom. The zero-order valence-electron chi connectivity index (χ0n) is 16.6. The summed E-state index contributed by atoms with van der Waals surface area (Å²) in [6.45, 7) is 0. The molecular weight excluding hydrogens is 404 g/mol. The Hall–Kier alpha value is -3.52. The van der Waals surface area contributed by atoms with Crippen molar-refractivity contribution in [2.75, 3.05) is 7.05 Å². The van der Waals surface area contributed by atoms with Crippen LogP contribution in [0.4, 0.5) is 8.78 Å². The first-order chi connectivity index (χ1) is 14.8. The van der Waals surface area contributed by atoms with Gasteiger partial charge in [0.15, 0.2) is 11.6 Å². The van der Waals surface area contributed by atoms with Crippen molar-refractivity contribution in [1.82, 2.24) is 14.9 Å². The van der Waals surface area contributed by atoms with E-state index in [0.717, 1.165) is 23.0 Å². The zero-order chi connectivity index (χ0) is 21.9. The van der Waals surface area contributed by atoms with Crippen LogP contribution < -0.4 is 5.56 Å². The number of pyridine rings is 1. The van der Waals surface area contributed by atoms with Crippen LogP contribution in [0, 0.1) is 11.6 Å². The third-order valence-electron chi connectivity index (χ3n) is 6.06. The number of aromatic amines is 2. The number of para-hydroxylation sites is 1. The van der Waals surface area contributed by atoms with E-state index in [9.17, 15) is 23.5 Å². The lowest BCUT2D eigenvalue weighted by atomic mass is 9.85. The van der Waals surface area contributed by atoms with Crippen molar-refractivity contribution in [2.24, 2.45) is 0 Å². The minimum atomic E-state index is -1.13. The average molecular weight is 423 g/mol. The maximum atomic E-state index is 14.1. The summed E-state index contributed by atoms with van der Waals surface area (Å²) in [5.41, 5.74) is 1.26. The molecule has 3 N–H and O–H groups in total. The van der Waals surface area contributed by atoms with Gasteiger partial charge in [-0.05, 0) is 42.5 Å². The number of aliphatic hydroxyl groups excluding tert-OH is 1. The molecule has 2 atom stereocenters. The van der Waals surface area contributed by atoms with E-state index in [1.807, 2.05) is 24.3 Å². The van der Waals surface area contributed by atoms with E-state index in [0.29, 0.717) is 24.1 Å². The number of hydrogen-bond donors (Lipinski definition) is 3. The molecule has 0 bridgehead atoms. The molecule has 1 amide bonds. The lowest BCUT2D eigenvalue weighted by molar-refractivity contribution is 0.0657. The number of carbonyl (C=O) groups excluding carboxylic acids is 1. The van der Waals surface area contributed by atoms with Crippen LogP contribution in [-0.4, -0.2) is 32.9 Å². The number of hydrogen-bond acceptors (Lipinski definition) is 3. The van der Waals surface area contributed by atoms with Gasteiger partial charge in [0, 0.05) is 23.5 Å². The molecule has 2 aromatic carbocycles. The SMILES string of the molecule is CN(C(=O)c1cc2ccccc2[nH]1)[C@H]1CCC(O)c2[nH]c(=O)c3cc(F)c(F)cc3c21. The Balaban J connectivity index is 1.65. The second-order valence-corrected chi connectivity index (χ2v) is 7.89. The molecule has 0 saturated heterocycles. The van der Waals surface area contributed by atoms with Gasteiger partial charge in [-0.2, -0.15) is 0 Å². The van der Waals surface area contributed by atoms with Crippen LogP contribution in [-0.2, 0) is 0 Å². The normalized spacial score (nSPS) is 18.3. The Bertz CT molecular complexity index is 1380. The zero-order valence-corrected chi connectivity index (χ0v) is 16.6. The second kappa shape index (κ2) is 7.02. The molecule has 1 aliphatic carbocycles. The Kier molecular flexibility index (Phi) is 4.40. The first kappa shape index (κ1) is 19.4. The largest absolute Gasteiger partial charge is 0.387 e. The molecule has 0 aliphatic heterocycles. The number of nitrogens with one attached hydrogen (secondary N) is 2. The maximum Gasteiger partial charge on any atom is 0.270 e. The van der Waals surface area contributed by atoms with Crippen molar-refractivity contribution < 1.29 is 18.7 Å². The van der Waals surface area contributed by atoms with E-state index < -0.39 is 29.3 Å². The van der Waals surface area contributed by atoms with Crippen molar-refractivity contribution in [2.45, 2.75) is 25.0 Å². The van der Waals surface area contributed by atoms with Crippen LogP contribution in [0.1, 0.15) is 46.7 Å². The minimum absolute atomic E-state index is 0.0248. The minimum Gasteiger partial charge on any atom is -0.387 e. The third-order valence-corrected chi connectivity index (χ3v) is 6.06. The molecule has 1 aliphatic rings. The highest BCUT2D eigenvalue weighted by atomic mass is 19.2. The van der Waals surface area contributed by atoms with Crippen molar-refractivity contribution in [1.29, 1.82) is 0 Å². The lowest BCUT2D eigenvalue weighted by Crippen LogP contribution is -2.35. The predicted molar refractivity (Wildman–Crippen MR) is 112 cm³/mol. The van der Waals surface area contributed by atoms with Crippen molar-refractivity contribution in [3.05, 3.63) is 81.4 Å². The van der Waals surface area contributed by atoms with E-state index in [1.165, 1.54) is 4.90 Å². The number of rotatable bonds is 2. The van der Waals surface area contributed by atoms with E-state index >= 15 is 0 Å². The van der Waals surface area contributed by atoms with Gasteiger partial charge in [-0.15, -0.1) is 0 Å². The van der Waals surface area contributed by atoms with Crippen LogP contribution in [0.3, 0.4) is 0 Å². The summed E-state index contributed by atoms with van der Waals surface area (Å²) in [7, 11) is 1.62. The van der Waals surface area contributed by atoms with Crippen LogP contribution in [0.25, 0.3) is 21.7 Å². The standard InChI is InChI=1S/C23H19F2N3O3/c1-28(23(31)17-8-11-4-2-3-5-16(11)26-17)18-6-7-19(29)21-20(18)12-9-14(24)15(25)10-13(12)22(30)27-21/h2-5,8-10,18-19,26,29H,6-7H2,1H3,(H,27,30)/t18-,19?/m0/s1. The predicted octanol–water partition coefficient (Wildman–Crippen LogP) is 3.93. The van der Waals surface area contributed by atoms with Crippen LogP contribution in [0.2, 0.25) is 0 Å². The summed E-state index contributed by atoms with van der Waals surface area (Å²) in [5.74, 6) is -2.51. The monoisotopic (exact) mass is 423 g/mol. The number of carbonyl (C=O) groups is 1. The summed E-state index contributed by atoms with van der Waals surface area (Å²) >= 11 is 0. The summed E-state index contributed by atoms with van der Waals surface area (Å²) in [6, 6.07) is 10.5. The molecule has 158 valence electrons. The van der Waals surface area contributed by atoms with Gasteiger partial charge in [0.2, 0.25) is 0 Å². The van der Waals surface area contributed by atoms with Gasteiger partial charge < -0.3 is 20.0 Å². The molecule has 2 aromatic heterocycles. The number of amides is 1. The quantitative estimate of drug-likeness (QED) is 0.456. The highest BCUT2D eigenvalue weighted by Crippen LogP contribution is 2.41. The van der Waals surface area contributed by atoms with Crippen molar-refractivity contribution >= 4 is 27.6 Å². The van der Waals surface area contributed by atoms with Gasteiger partial charge >= 0.3 is 0 Å². The summed E-state index contributed by atoms with van der Waals surface area (Å²) in [6.07, 6.45) is -0.253. The molecule has 6 nitrogen and oxygen atoms in total. The smallest absolute Gasteiger partial charge is 0.270 e. The van der Waals surface area contributed by atoms with Crippen LogP contribution >= 0.6 is 0 Å². The molecule has 0 radical (unpaired) electrons. The Morgan fingerprint density at radius 1 is 1.06 bits per heavy atom. The van der Waals surface area contributed by atoms with Gasteiger partial charge in [0.1, 0.15) is 5.69 Å². The fraction of sp³-hybridized carbons (Fsp3) is 0.217. The van der Waals surface area contributed by atoms with Gasteiger partial charge in [-0.1, -0.05) is 18.2 Å². The first-order valence-corrected chi connectivity index (χ1v) is 9.93.